The molecule has 0 aliphatic heterocycles. The van der Waals surface area contributed by atoms with Gasteiger partial charge in [0, 0.05) is 18.8 Å². The van der Waals surface area contributed by atoms with E-state index in [1.165, 1.54) is 12.5 Å². The number of esters is 2. The van der Waals surface area contributed by atoms with Gasteiger partial charge in [-0.05, 0) is 98.5 Å². The predicted octanol–water partition coefficient (Wildman–Crippen LogP) is 5.25. The van der Waals surface area contributed by atoms with Crippen LogP contribution < -0.4 is 5.73 Å². The second-order valence-corrected chi connectivity index (χ2v) is 13.2. The summed E-state index contributed by atoms with van der Waals surface area (Å²) in [7, 11) is 0. The number of hydrogen-bond donors (Lipinski definition) is 1. The van der Waals surface area contributed by atoms with Crippen LogP contribution in [0.1, 0.15) is 78.6 Å². The van der Waals surface area contributed by atoms with Gasteiger partial charge in [-0.3, -0.25) is 14.4 Å². The molecule has 206 valence electrons. The fourth-order valence-corrected chi connectivity index (χ4v) is 8.72. The Morgan fingerprint density at radius 3 is 2.70 bits per heavy atom. The molecule has 8 atom stereocenters. The minimum atomic E-state index is -0.569. The van der Waals surface area contributed by atoms with Crippen molar-refractivity contribution in [1.82, 2.24) is 0 Å². The second kappa shape index (κ2) is 11.6. The van der Waals surface area contributed by atoms with Crippen molar-refractivity contribution in [3.05, 3.63) is 23.8 Å². The topological polar surface area (TPSA) is 95.7 Å². The molecule has 4 aliphatic carbocycles. The molecule has 0 saturated heterocycles. The van der Waals surface area contributed by atoms with E-state index in [0.717, 1.165) is 50.7 Å². The average Bonchev–Trinajstić information content (AvgIpc) is 3.18. The minimum Gasteiger partial charge on any atom is -0.462 e. The largest absolute Gasteiger partial charge is 0.462 e. The lowest BCUT2D eigenvalue weighted by Crippen LogP contribution is -2.54. The molecule has 0 heterocycles. The molecule has 0 bridgehead atoms. The third kappa shape index (κ3) is 5.73. The Labute approximate surface area is 226 Å². The van der Waals surface area contributed by atoms with Crippen molar-refractivity contribution >= 4 is 29.5 Å². The zero-order valence-corrected chi connectivity index (χ0v) is 23.8. The summed E-state index contributed by atoms with van der Waals surface area (Å²) < 4.78 is 11.2. The molecule has 3 fully saturated rings. The molecule has 37 heavy (non-hydrogen) atoms. The summed E-state index contributed by atoms with van der Waals surface area (Å²) in [5.41, 5.74) is 7.36. The number of nitrogens with two attached hydrogens (primary N) is 1. The van der Waals surface area contributed by atoms with Gasteiger partial charge in [-0.2, -0.15) is 11.8 Å². The molecule has 0 unspecified atom stereocenters. The van der Waals surface area contributed by atoms with Gasteiger partial charge in [0.25, 0.3) is 0 Å². The molecule has 0 spiro atoms. The van der Waals surface area contributed by atoms with E-state index in [-0.39, 0.29) is 41.3 Å². The van der Waals surface area contributed by atoms with E-state index in [1.807, 2.05) is 18.4 Å². The molecular formula is C30H45NO5S. The quantitative estimate of drug-likeness (QED) is 0.321. The van der Waals surface area contributed by atoms with Crippen molar-refractivity contribution in [2.45, 2.75) is 90.7 Å². The van der Waals surface area contributed by atoms with Gasteiger partial charge in [0.15, 0.2) is 5.78 Å². The first-order chi connectivity index (χ1) is 17.6. The SMILES string of the molecule is CSCC[C@@H](N)C(=O)OC/C=C/C[C@@H]1CC2=CC(=O)CC[C@]2(C)[C@H]2CC[C@]3(C)[C@@H](OC(C)=O)CC[C@H]3[C@H]12. The van der Waals surface area contributed by atoms with Crippen LogP contribution >= 0.6 is 11.8 Å². The highest BCUT2D eigenvalue weighted by Gasteiger charge is 2.61. The predicted molar refractivity (Wildman–Crippen MR) is 147 cm³/mol. The van der Waals surface area contributed by atoms with Crippen LogP contribution in [0.25, 0.3) is 0 Å². The van der Waals surface area contributed by atoms with Gasteiger partial charge >= 0.3 is 11.9 Å². The maximum Gasteiger partial charge on any atom is 0.323 e. The second-order valence-electron chi connectivity index (χ2n) is 12.3. The van der Waals surface area contributed by atoms with Gasteiger partial charge in [0.1, 0.15) is 18.8 Å². The van der Waals surface area contributed by atoms with E-state index in [1.54, 1.807) is 11.8 Å². The summed E-state index contributed by atoms with van der Waals surface area (Å²) >= 11 is 1.67. The Morgan fingerprint density at radius 2 is 1.97 bits per heavy atom. The molecule has 4 rings (SSSR count). The maximum absolute atomic E-state index is 12.4. The van der Waals surface area contributed by atoms with Crippen molar-refractivity contribution in [1.29, 1.82) is 0 Å². The third-order valence-corrected chi connectivity index (χ3v) is 10.9. The number of hydrogen-bond acceptors (Lipinski definition) is 7. The van der Waals surface area contributed by atoms with Crippen LogP contribution in [-0.2, 0) is 23.9 Å². The minimum absolute atomic E-state index is 0.000417. The maximum atomic E-state index is 12.4. The number of ketones is 1. The van der Waals surface area contributed by atoms with E-state index in [4.69, 9.17) is 15.2 Å². The zero-order chi connectivity index (χ0) is 26.8. The van der Waals surface area contributed by atoms with Crippen LogP contribution in [0, 0.1) is 34.5 Å². The van der Waals surface area contributed by atoms with Gasteiger partial charge in [-0.15, -0.1) is 0 Å². The fraction of sp³-hybridized carbons (Fsp3) is 0.767. The van der Waals surface area contributed by atoms with Crippen molar-refractivity contribution in [3.8, 4) is 0 Å². The number of thioether (sulfide) groups is 1. The average molecular weight is 532 g/mol. The Hall–Kier alpha value is -1.60. The first-order valence-corrected chi connectivity index (χ1v) is 15.5. The van der Waals surface area contributed by atoms with Crippen molar-refractivity contribution < 1.29 is 23.9 Å². The van der Waals surface area contributed by atoms with Gasteiger partial charge in [-0.1, -0.05) is 31.6 Å². The summed E-state index contributed by atoms with van der Waals surface area (Å²) in [4.78, 5) is 36.4. The van der Waals surface area contributed by atoms with Crippen LogP contribution in [0.5, 0.6) is 0 Å². The van der Waals surface area contributed by atoms with E-state index in [9.17, 15) is 14.4 Å². The van der Waals surface area contributed by atoms with Crippen LogP contribution in [-0.4, -0.2) is 48.5 Å². The Bertz CT molecular complexity index is 946. The smallest absolute Gasteiger partial charge is 0.323 e. The highest BCUT2D eigenvalue weighted by atomic mass is 32.2. The van der Waals surface area contributed by atoms with E-state index in [0.29, 0.717) is 36.5 Å². The number of rotatable bonds is 9. The molecule has 0 radical (unpaired) electrons. The fourth-order valence-electron chi connectivity index (χ4n) is 8.23. The summed E-state index contributed by atoms with van der Waals surface area (Å²) in [6, 6.07) is -0.569. The first-order valence-electron chi connectivity index (χ1n) is 14.1. The number of ether oxygens (including phenoxy) is 2. The summed E-state index contributed by atoms with van der Waals surface area (Å²) in [5, 5.41) is 0. The molecule has 0 aromatic rings. The number of carbonyl (C=O) groups excluding carboxylic acids is 3. The lowest BCUT2D eigenvalue weighted by molar-refractivity contribution is -0.158. The van der Waals surface area contributed by atoms with E-state index >= 15 is 0 Å². The Balaban J connectivity index is 1.49. The number of allylic oxidation sites excluding steroid dienone is 2. The number of carbonyl (C=O) groups is 3. The lowest BCUT2D eigenvalue weighted by atomic mass is 9.44. The first kappa shape index (κ1) is 28.4. The summed E-state index contributed by atoms with van der Waals surface area (Å²) in [6.07, 6.45) is 16.3. The molecule has 0 aromatic heterocycles. The monoisotopic (exact) mass is 531 g/mol. The molecular weight excluding hydrogens is 486 g/mol. The highest BCUT2D eigenvalue weighted by Crippen LogP contribution is 2.67. The summed E-state index contributed by atoms with van der Waals surface area (Å²) in [6.45, 7) is 6.51. The lowest BCUT2D eigenvalue weighted by Gasteiger charge is -2.60. The third-order valence-electron chi connectivity index (χ3n) is 10.2. The van der Waals surface area contributed by atoms with E-state index in [2.05, 4.69) is 19.9 Å². The van der Waals surface area contributed by atoms with Crippen LogP contribution in [0.2, 0.25) is 0 Å². The van der Waals surface area contributed by atoms with E-state index < -0.39 is 6.04 Å². The van der Waals surface area contributed by atoms with Crippen LogP contribution in [0.3, 0.4) is 0 Å². The van der Waals surface area contributed by atoms with Gasteiger partial charge in [0.2, 0.25) is 0 Å². The van der Waals surface area contributed by atoms with Crippen molar-refractivity contribution in [2.75, 3.05) is 18.6 Å². The molecule has 6 nitrogen and oxygen atoms in total. The molecule has 0 amide bonds. The molecule has 3 saturated carbocycles. The molecule has 7 heteroatoms. The summed E-state index contributed by atoms with van der Waals surface area (Å²) in [5.74, 6) is 2.59. The van der Waals surface area contributed by atoms with Crippen LogP contribution in [0.15, 0.2) is 23.8 Å². The highest BCUT2D eigenvalue weighted by molar-refractivity contribution is 7.98. The standard InChI is InChI=1S/C30H45NO5S/c1-19(32)36-26-9-8-23-27-20(7-5-6-15-35-28(34)25(31)12-16-37-4)17-21-18-22(33)10-13-29(21,2)24(27)11-14-30(23,26)3/h5-6,18,20,23-27H,7-17,31H2,1-4H3/b6-5+/t20-,23+,24+,25-,26+,27+,29+,30+/m1/s1. The number of fused-ring (bicyclic) bond motifs is 5. The zero-order valence-electron chi connectivity index (χ0n) is 23.0. The Morgan fingerprint density at radius 1 is 1.19 bits per heavy atom. The van der Waals surface area contributed by atoms with Crippen LogP contribution in [0.4, 0.5) is 0 Å². The molecule has 2 N–H and O–H groups in total. The molecule has 0 aromatic carbocycles. The molecule has 4 aliphatic rings. The van der Waals surface area contributed by atoms with Gasteiger partial charge in [-0.25, -0.2) is 0 Å². The van der Waals surface area contributed by atoms with Gasteiger partial charge in [0.05, 0.1) is 0 Å². The van der Waals surface area contributed by atoms with Crippen molar-refractivity contribution in [2.24, 2.45) is 40.2 Å². The van der Waals surface area contributed by atoms with Gasteiger partial charge < -0.3 is 15.2 Å². The van der Waals surface area contributed by atoms with Crippen molar-refractivity contribution in [3.63, 3.8) is 0 Å². The normalized spacial score (nSPS) is 37.8. The Kier molecular flexibility index (Phi) is 8.94.